The molecule has 0 amide bonds. The molecule has 3 heteroatoms. The van der Waals surface area contributed by atoms with Gasteiger partial charge in [0.2, 0.25) is 0 Å². The van der Waals surface area contributed by atoms with Crippen LogP contribution >= 0.6 is 0 Å². The molecule has 2 fully saturated rings. The van der Waals surface area contributed by atoms with E-state index in [4.69, 9.17) is 5.26 Å². The quantitative estimate of drug-likeness (QED) is 0.769. The van der Waals surface area contributed by atoms with Gasteiger partial charge in [-0.3, -0.25) is 4.90 Å². The number of nitrogens with one attached hydrogen (secondary N) is 1. The van der Waals surface area contributed by atoms with Crippen molar-refractivity contribution in [1.82, 2.24) is 10.2 Å². The Morgan fingerprint density at radius 3 is 2.88 bits per heavy atom. The molecule has 90 valence electrons. The van der Waals surface area contributed by atoms with E-state index < -0.39 is 0 Å². The highest BCUT2D eigenvalue weighted by Crippen LogP contribution is 2.22. The Bertz CT molecular complexity index is 254. The van der Waals surface area contributed by atoms with Gasteiger partial charge in [-0.05, 0) is 51.1 Å². The van der Waals surface area contributed by atoms with E-state index in [9.17, 15) is 0 Å². The van der Waals surface area contributed by atoms with Crippen LogP contribution < -0.4 is 5.32 Å². The van der Waals surface area contributed by atoms with Gasteiger partial charge in [-0.15, -0.1) is 0 Å². The Labute approximate surface area is 98.8 Å². The van der Waals surface area contributed by atoms with Crippen molar-refractivity contribution in [1.29, 1.82) is 5.26 Å². The minimum atomic E-state index is 0.142. The molecular formula is C13H23N3. The predicted molar refractivity (Wildman–Crippen MR) is 65.0 cm³/mol. The van der Waals surface area contributed by atoms with Crippen LogP contribution in [-0.4, -0.2) is 36.6 Å². The van der Waals surface area contributed by atoms with Crippen molar-refractivity contribution in [2.24, 2.45) is 5.92 Å². The van der Waals surface area contributed by atoms with E-state index in [0.717, 1.165) is 38.0 Å². The summed E-state index contributed by atoms with van der Waals surface area (Å²) < 4.78 is 0. The SMILES string of the molecule is CCC(C#N)N1CCCC(CNC2CC2)C1. The molecule has 0 spiro atoms. The first kappa shape index (κ1) is 11.9. The van der Waals surface area contributed by atoms with Crippen molar-refractivity contribution in [3.8, 4) is 6.07 Å². The largest absolute Gasteiger partial charge is 0.314 e. The topological polar surface area (TPSA) is 39.1 Å². The van der Waals surface area contributed by atoms with Crippen molar-refractivity contribution >= 4 is 0 Å². The number of piperidine rings is 1. The molecule has 2 atom stereocenters. The highest BCUT2D eigenvalue weighted by molar-refractivity contribution is 4.93. The third-order valence-electron chi connectivity index (χ3n) is 3.80. The first-order chi connectivity index (χ1) is 7.83. The maximum Gasteiger partial charge on any atom is 0.0975 e. The lowest BCUT2D eigenvalue weighted by Gasteiger charge is -2.35. The van der Waals surface area contributed by atoms with Gasteiger partial charge in [-0.1, -0.05) is 6.92 Å². The molecule has 1 aliphatic carbocycles. The van der Waals surface area contributed by atoms with Gasteiger partial charge >= 0.3 is 0 Å². The Balaban J connectivity index is 1.76. The Morgan fingerprint density at radius 1 is 1.44 bits per heavy atom. The summed E-state index contributed by atoms with van der Waals surface area (Å²) in [5, 5.41) is 12.7. The molecule has 0 aromatic rings. The van der Waals surface area contributed by atoms with Gasteiger partial charge in [0.05, 0.1) is 12.1 Å². The summed E-state index contributed by atoms with van der Waals surface area (Å²) in [6.07, 6.45) is 6.28. The van der Waals surface area contributed by atoms with Crippen LogP contribution in [0.4, 0.5) is 0 Å². The highest BCUT2D eigenvalue weighted by atomic mass is 15.2. The lowest BCUT2D eigenvalue weighted by atomic mass is 9.96. The van der Waals surface area contributed by atoms with E-state index >= 15 is 0 Å². The number of hydrogen-bond donors (Lipinski definition) is 1. The standard InChI is InChI=1S/C13H23N3/c1-2-13(8-14)16-7-3-4-11(10-16)9-15-12-5-6-12/h11-13,15H,2-7,9-10H2,1H3. The molecular weight excluding hydrogens is 198 g/mol. The molecule has 1 saturated carbocycles. The average molecular weight is 221 g/mol. The Kier molecular flexibility index (Phi) is 4.20. The number of likely N-dealkylation sites (tertiary alicyclic amines) is 1. The van der Waals surface area contributed by atoms with Crippen LogP contribution in [0.5, 0.6) is 0 Å². The van der Waals surface area contributed by atoms with E-state index in [1.807, 2.05) is 0 Å². The fraction of sp³-hybridized carbons (Fsp3) is 0.923. The summed E-state index contributed by atoms with van der Waals surface area (Å²) in [6.45, 7) is 5.50. The second kappa shape index (κ2) is 5.65. The monoisotopic (exact) mass is 221 g/mol. The maximum absolute atomic E-state index is 9.09. The molecule has 1 saturated heterocycles. The van der Waals surface area contributed by atoms with Crippen LogP contribution in [0.15, 0.2) is 0 Å². The van der Waals surface area contributed by atoms with Crippen molar-refractivity contribution in [3.05, 3.63) is 0 Å². The first-order valence-corrected chi connectivity index (χ1v) is 6.70. The normalized spacial score (nSPS) is 28.6. The molecule has 3 nitrogen and oxygen atoms in total. The van der Waals surface area contributed by atoms with Gasteiger partial charge in [0.25, 0.3) is 0 Å². The second-order valence-electron chi connectivity index (χ2n) is 5.24. The summed E-state index contributed by atoms with van der Waals surface area (Å²) in [4.78, 5) is 2.38. The van der Waals surface area contributed by atoms with E-state index in [2.05, 4.69) is 23.2 Å². The molecule has 1 heterocycles. The number of nitriles is 1. The summed E-state index contributed by atoms with van der Waals surface area (Å²) in [5.74, 6) is 0.761. The van der Waals surface area contributed by atoms with E-state index in [1.165, 1.54) is 25.7 Å². The summed E-state index contributed by atoms with van der Waals surface area (Å²) in [5.41, 5.74) is 0. The zero-order valence-corrected chi connectivity index (χ0v) is 10.3. The zero-order chi connectivity index (χ0) is 11.4. The molecule has 2 rings (SSSR count). The van der Waals surface area contributed by atoms with Gasteiger partial charge in [0.15, 0.2) is 0 Å². The van der Waals surface area contributed by atoms with Crippen LogP contribution in [-0.2, 0) is 0 Å². The summed E-state index contributed by atoms with van der Waals surface area (Å²) in [6, 6.07) is 3.38. The molecule has 16 heavy (non-hydrogen) atoms. The smallest absolute Gasteiger partial charge is 0.0975 e. The van der Waals surface area contributed by atoms with Crippen molar-refractivity contribution in [3.63, 3.8) is 0 Å². The van der Waals surface area contributed by atoms with Crippen molar-refractivity contribution in [2.45, 2.75) is 51.1 Å². The summed E-state index contributed by atoms with van der Waals surface area (Å²) in [7, 11) is 0. The molecule has 1 aliphatic heterocycles. The van der Waals surface area contributed by atoms with Crippen LogP contribution in [0, 0.1) is 17.2 Å². The number of nitrogens with zero attached hydrogens (tertiary/aromatic N) is 2. The molecule has 2 aliphatic rings. The first-order valence-electron chi connectivity index (χ1n) is 6.70. The Morgan fingerprint density at radius 2 is 2.25 bits per heavy atom. The molecule has 0 radical (unpaired) electrons. The molecule has 0 aromatic carbocycles. The van der Waals surface area contributed by atoms with Crippen LogP contribution in [0.1, 0.15) is 39.0 Å². The molecule has 1 N–H and O–H groups in total. The minimum Gasteiger partial charge on any atom is -0.314 e. The number of rotatable bonds is 5. The van der Waals surface area contributed by atoms with Crippen LogP contribution in [0.3, 0.4) is 0 Å². The maximum atomic E-state index is 9.09. The second-order valence-corrected chi connectivity index (χ2v) is 5.24. The Hall–Kier alpha value is -0.590. The minimum absolute atomic E-state index is 0.142. The lowest BCUT2D eigenvalue weighted by molar-refractivity contribution is 0.144. The highest BCUT2D eigenvalue weighted by Gasteiger charge is 2.27. The van der Waals surface area contributed by atoms with Gasteiger partial charge in [-0.25, -0.2) is 0 Å². The van der Waals surface area contributed by atoms with E-state index in [-0.39, 0.29) is 6.04 Å². The van der Waals surface area contributed by atoms with Gasteiger partial charge < -0.3 is 5.32 Å². The van der Waals surface area contributed by atoms with Crippen molar-refractivity contribution in [2.75, 3.05) is 19.6 Å². The fourth-order valence-corrected chi connectivity index (χ4v) is 2.60. The number of hydrogen-bond acceptors (Lipinski definition) is 3. The zero-order valence-electron chi connectivity index (χ0n) is 10.3. The van der Waals surface area contributed by atoms with Crippen LogP contribution in [0.25, 0.3) is 0 Å². The summed E-state index contributed by atoms with van der Waals surface area (Å²) >= 11 is 0. The van der Waals surface area contributed by atoms with Gasteiger partial charge in [0.1, 0.15) is 0 Å². The third-order valence-corrected chi connectivity index (χ3v) is 3.80. The van der Waals surface area contributed by atoms with E-state index in [0.29, 0.717) is 0 Å². The van der Waals surface area contributed by atoms with Crippen LogP contribution in [0.2, 0.25) is 0 Å². The third kappa shape index (κ3) is 3.20. The average Bonchev–Trinajstić information content (AvgIpc) is 3.13. The fourth-order valence-electron chi connectivity index (χ4n) is 2.60. The van der Waals surface area contributed by atoms with Crippen molar-refractivity contribution < 1.29 is 0 Å². The van der Waals surface area contributed by atoms with Gasteiger partial charge in [0, 0.05) is 12.6 Å². The van der Waals surface area contributed by atoms with E-state index in [1.54, 1.807) is 0 Å². The molecule has 0 aromatic heterocycles. The molecule has 2 unspecified atom stereocenters. The molecule has 0 bridgehead atoms. The van der Waals surface area contributed by atoms with Gasteiger partial charge in [-0.2, -0.15) is 5.26 Å². The predicted octanol–water partition coefficient (Wildman–Crippen LogP) is 1.75. The lowest BCUT2D eigenvalue weighted by Crippen LogP contribution is -2.44.